The van der Waals surface area contributed by atoms with E-state index in [1.165, 1.54) is 0 Å². The van der Waals surface area contributed by atoms with Gasteiger partial charge in [0.05, 0.1) is 5.92 Å². The van der Waals surface area contributed by atoms with Crippen molar-refractivity contribution in [2.75, 3.05) is 18.0 Å². The molecule has 2 nitrogen and oxygen atoms in total. The zero-order valence-corrected chi connectivity index (χ0v) is 12.3. The summed E-state index contributed by atoms with van der Waals surface area (Å²) in [6.45, 7) is 2.56. The monoisotopic (exact) mass is 336 g/mol. The molecule has 0 bridgehead atoms. The van der Waals surface area contributed by atoms with E-state index in [0.717, 1.165) is 11.1 Å². The molecule has 1 saturated heterocycles. The number of hydrogen-bond acceptors (Lipinski definition) is 2. The molecule has 19 heavy (non-hydrogen) atoms. The van der Waals surface area contributed by atoms with Crippen LogP contribution in [0.5, 0.6) is 0 Å². The van der Waals surface area contributed by atoms with Gasteiger partial charge in [-0.2, -0.15) is 13.2 Å². The van der Waals surface area contributed by atoms with Crippen molar-refractivity contribution >= 4 is 21.7 Å². The standard InChI is InChI=1S/C13H16BrF3N2/c1-9-5-10(6-14)7-18-12(9)19-4-2-3-11(8-19)13(15,16)17/h5,7,11H,2-4,6,8H2,1H3. The second-order valence-electron chi connectivity index (χ2n) is 4.94. The Morgan fingerprint density at radius 2 is 2.21 bits per heavy atom. The summed E-state index contributed by atoms with van der Waals surface area (Å²) in [6, 6.07) is 1.97. The van der Waals surface area contributed by atoms with Gasteiger partial charge in [0, 0.05) is 24.6 Å². The van der Waals surface area contributed by atoms with Crippen LogP contribution in [0.4, 0.5) is 19.0 Å². The molecule has 106 valence electrons. The second-order valence-corrected chi connectivity index (χ2v) is 5.51. The van der Waals surface area contributed by atoms with E-state index in [-0.39, 0.29) is 13.0 Å². The van der Waals surface area contributed by atoms with Gasteiger partial charge < -0.3 is 4.90 Å². The van der Waals surface area contributed by atoms with E-state index in [0.29, 0.717) is 24.1 Å². The first-order valence-electron chi connectivity index (χ1n) is 6.25. The minimum absolute atomic E-state index is 0.0188. The van der Waals surface area contributed by atoms with Gasteiger partial charge in [-0.25, -0.2) is 4.98 Å². The van der Waals surface area contributed by atoms with Crippen molar-refractivity contribution in [3.63, 3.8) is 0 Å². The maximum atomic E-state index is 12.8. The number of alkyl halides is 4. The third-order valence-electron chi connectivity index (χ3n) is 3.45. The average molecular weight is 337 g/mol. The largest absolute Gasteiger partial charge is 0.393 e. The molecule has 1 aromatic rings. The van der Waals surface area contributed by atoms with Gasteiger partial charge >= 0.3 is 6.18 Å². The highest BCUT2D eigenvalue weighted by molar-refractivity contribution is 9.08. The van der Waals surface area contributed by atoms with Gasteiger partial charge in [0.1, 0.15) is 5.82 Å². The Hall–Kier alpha value is -0.780. The molecule has 0 aliphatic carbocycles. The molecule has 1 atom stereocenters. The van der Waals surface area contributed by atoms with E-state index in [2.05, 4.69) is 20.9 Å². The van der Waals surface area contributed by atoms with Crippen LogP contribution in [0.2, 0.25) is 0 Å². The molecule has 1 fully saturated rings. The maximum absolute atomic E-state index is 12.8. The Labute approximate surface area is 119 Å². The summed E-state index contributed by atoms with van der Waals surface area (Å²) in [5.41, 5.74) is 1.96. The lowest BCUT2D eigenvalue weighted by Gasteiger charge is -2.35. The summed E-state index contributed by atoms with van der Waals surface area (Å²) in [6.07, 6.45) is -1.61. The van der Waals surface area contributed by atoms with Crippen LogP contribution in [0.1, 0.15) is 24.0 Å². The van der Waals surface area contributed by atoms with Crippen molar-refractivity contribution < 1.29 is 13.2 Å². The Balaban J connectivity index is 2.17. The van der Waals surface area contributed by atoms with Crippen molar-refractivity contribution in [3.8, 4) is 0 Å². The lowest BCUT2D eigenvalue weighted by Crippen LogP contribution is -2.42. The molecule has 1 aliphatic heterocycles. The molecule has 1 aromatic heterocycles. The number of piperidine rings is 1. The molecule has 2 heterocycles. The lowest BCUT2D eigenvalue weighted by molar-refractivity contribution is -0.176. The minimum atomic E-state index is -4.11. The first-order valence-corrected chi connectivity index (χ1v) is 7.37. The third kappa shape index (κ3) is 3.41. The van der Waals surface area contributed by atoms with Crippen LogP contribution < -0.4 is 4.90 Å². The fraction of sp³-hybridized carbons (Fsp3) is 0.615. The maximum Gasteiger partial charge on any atom is 0.393 e. The zero-order valence-electron chi connectivity index (χ0n) is 10.7. The van der Waals surface area contributed by atoms with Gasteiger partial charge in [0.25, 0.3) is 0 Å². The second kappa shape index (κ2) is 5.69. The Kier molecular flexibility index (Phi) is 4.38. The first-order chi connectivity index (χ1) is 8.91. The van der Waals surface area contributed by atoms with Gasteiger partial charge in [0.15, 0.2) is 0 Å². The van der Waals surface area contributed by atoms with Crippen LogP contribution in [0.15, 0.2) is 12.3 Å². The minimum Gasteiger partial charge on any atom is -0.356 e. The normalized spacial score (nSPS) is 20.7. The number of nitrogens with zero attached hydrogens (tertiary/aromatic N) is 2. The van der Waals surface area contributed by atoms with E-state index in [1.54, 1.807) is 11.1 Å². The fourth-order valence-corrected chi connectivity index (χ4v) is 2.77. The summed E-state index contributed by atoms with van der Waals surface area (Å²) in [4.78, 5) is 6.08. The van der Waals surface area contributed by atoms with E-state index in [9.17, 15) is 13.2 Å². The molecule has 0 aromatic carbocycles. The van der Waals surface area contributed by atoms with Crippen molar-refractivity contribution in [2.24, 2.45) is 5.92 Å². The van der Waals surface area contributed by atoms with Crippen molar-refractivity contribution in [3.05, 3.63) is 23.4 Å². The number of aromatic nitrogens is 1. The molecule has 6 heteroatoms. The fourth-order valence-electron chi connectivity index (χ4n) is 2.47. The molecule has 0 spiro atoms. The molecule has 1 unspecified atom stereocenters. The SMILES string of the molecule is Cc1cc(CBr)cnc1N1CCCC(C(F)(F)F)C1. The van der Waals surface area contributed by atoms with Gasteiger partial charge in [-0.15, -0.1) is 0 Å². The third-order valence-corrected chi connectivity index (χ3v) is 4.09. The van der Waals surface area contributed by atoms with E-state index < -0.39 is 12.1 Å². The van der Waals surface area contributed by atoms with Crippen LogP contribution in [0.3, 0.4) is 0 Å². The quantitative estimate of drug-likeness (QED) is 0.757. The highest BCUT2D eigenvalue weighted by atomic mass is 79.9. The topological polar surface area (TPSA) is 16.1 Å². The highest BCUT2D eigenvalue weighted by Crippen LogP contribution is 2.35. The van der Waals surface area contributed by atoms with Crippen molar-refractivity contribution in [2.45, 2.75) is 31.3 Å². The van der Waals surface area contributed by atoms with Gasteiger partial charge in [-0.05, 0) is 30.9 Å². The van der Waals surface area contributed by atoms with E-state index >= 15 is 0 Å². The van der Waals surface area contributed by atoms with Gasteiger partial charge in [-0.3, -0.25) is 0 Å². The summed E-state index contributed by atoms with van der Waals surface area (Å²) in [5, 5.41) is 0.701. The highest BCUT2D eigenvalue weighted by Gasteiger charge is 2.42. The summed E-state index contributed by atoms with van der Waals surface area (Å²) in [5.74, 6) is -0.558. The molecular weight excluding hydrogens is 321 g/mol. The lowest BCUT2D eigenvalue weighted by atomic mass is 9.97. The van der Waals surface area contributed by atoms with Gasteiger partial charge in [-0.1, -0.05) is 22.0 Å². The Morgan fingerprint density at radius 1 is 1.47 bits per heavy atom. The predicted octanol–water partition coefficient (Wildman–Crippen LogP) is 4.06. The molecular formula is C13H16BrF3N2. The molecule has 0 N–H and O–H groups in total. The molecule has 0 radical (unpaired) electrons. The van der Waals surface area contributed by atoms with Crippen LogP contribution in [0.25, 0.3) is 0 Å². The number of hydrogen-bond donors (Lipinski definition) is 0. The predicted molar refractivity (Wildman–Crippen MR) is 72.6 cm³/mol. The summed E-state index contributed by atoms with van der Waals surface area (Å²) >= 11 is 3.35. The zero-order chi connectivity index (χ0) is 14.0. The molecule has 0 amide bonds. The van der Waals surface area contributed by atoms with Crippen LogP contribution >= 0.6 is 15.9 Å². The average Bonchev–Trinajstić information content (AvgIpc) is 2.37. The molecule has 2 rings (SSSR count). The molecule has 1 aliphatic rings. The Bertz CT molecular complexity index is 448. The van der Waals surface area contributed by atoms with Gasteiger partial charge in [0.2, 0.25) is 0 Å². The summed E-state index contributed by atoms with van der Waals surface area (Å²) in [7, 11) is 0. The van der Waals surface area contributed by atoms with Crippen molar-refractivity contribution in [1.82, 2.24) is 4.98 Å². The molecule has 0 saturated carbocycles. The van der Waals surface area contributed by atoms with Crippen LogP contribution in [0, 0.1) is 12.8 Å². The van der Waals surface area contributed by atoms with E-state index in [4.69, 9.17) is 0 Å². The van der Waals surface area contributed by atoms with Crippen LogP contribution in [-0.2, 0) is 5.33 Å². The first kappa shape index (κ1) is 14.6. The van der Waals surface area contributed by atoms with Crippen LogP contribution in [-0.4, -0.2) is 24.2 Å². The number of rotatable bonds is 2. The number of pyridine rings is 1. The van der Waals surface area contributed by atoms with E-state index in [1.807, 2.05) is 13.0 Å². The number of halogens is 4. The smallest absolute Gasteiger partial charge is 0.356 e. The summed E-state index contributed by atoms with van der Waals surface area (Å²) < 4.78 is 38.4. The number of aryl methyl sites for hydroxylation is 1. The number of anilines is 1. The van der Waals surface area contributed by atoms with Crippen molar-refractivity contribution in [1.29, 1.82) is 0 Å². The Morgan fingerprint density at radius 3 is 2.79 bits per heavy atom.